The molecule has 12 heteroatoms. The Bertz CT molecular complexity index is 1550. The molecule has 1 rings (SSSR count). The number of hydrogen-bond donors (Lipinski definition) is 3. The number of carbonyl (C=O) groups is 4. The van der Waals surface area contributed by atoms with Crippen molar-refractivity contribution < 1.29 is 58.2 Å². The summed E-state index contributed by atoms with van der Waals surface area (Å²) in [5.74, 6) is -3.18. The van der Waals surface area contributed by atoms with Crippen molar-refractivity contribution in [2.75, 3.05) is 13.2 Å². The van der Waals surface area contributed by atoms with Gasteiger partial charge in [-0.05, 0) is 103 Å². The molecule has 1 aliphatic rings. The monoisotopic (exact) mass is 1030 g/mol. The number of esters is 3. The predicted octanol–water partition coefficient (Wildman–Crippen LogP) is 14.6. The van der Waals surface area contributed by atoms with Crippen LogP contribution in [-0.2, 0) is 42.9 Å². The fourth-order valence-electron chi connectivity index (χ4n) is 8.30. The van der Waals surface area contributed by atoms with Gasteiger partial charge in [0.15, 0.2) is 24.6 Å². The fourth-order valence-corrected chi connectivity index (χ4v) is 8.30. The summed E-state index contributed by atoms with van der Waals surface area (Å²) in [6, 6.07) is 0. The molecule has 12 nitrogen and oxygen atoms in total. The summed E-state index contributed by atoms with van der Waals surface area (Å²) in [5, 5.41) is 31.5. The first-order valence-electron chi connectivity index (χ1n) is 28.9. The third-order valence-electron chi connectivity index (χ3n) is 12.7. The van der Waals surface area contributed by atoms with Crippen LogP contribution in [0.25, 0.3) is 0 Å². The molecule has 6 atom stereocenters. The van der Waals surface area contributed by atoms with Crippen molar-refractivity contribution >= 4 is 23.9 Å². The lowest BCUT2D eigenvalue weighted by Gasteiger charge is -2.40. The summed E-state index contributed by atoms with van der Waals surface area (Å²) in [7, 11) is 0. The number of aliphatic hydroxyl groups is 2. The third-order valence-corrected chi connectivity index (χ3v) is 12.7. The summed E-state index contributed by atoms with van der Waals surface area (Å²) < 4.78 is 28.3. The number of aliphatic hydroxyl groups excluding tert-OH is 2. The van der Waals surface area contributed by atoms with Crippen LogP contribution in [0.5, 0.6) is 0 Å². The van der Waals surface area contributed by atoms with E-state index in [2.05, 4.69) is 93.7 Å². The van der Waals surface area contributed by atoms with E-state index >= 15 is 0 Å². The molecule has 0 aliphatic carbocycles. The summed E-state index contributed by atoms with van der Waals surface area (Å²) in [6.07, 6.45) is 48.8. The number of carbonyl (C=O) groups excluding carboxylic acids is 3. The normalized spacial score (nSPS) is 18.8. The van der Waals surface area contributed by atoms with Crippen LogP contribution in [-0.4, -0.2) is 89.2 Å². The van der Waals surface area contributed by atoms with Crippen LogP contribution in [0.3, 0.4) is 0 Å². The predicted molar refractivity (Wildman–Crippen MR) is 294 cm³/mol. The van der Waals surface area contributed by atoms with E-state index in [1.807, 2.05) is 0 Å². The highest BCUT2D eigenvalue weighted by Crippen LogP contribution is 2.26. The number of aliphatic carboxylic acids is 1. The zero-order valence-electron chi connectivity index (χ0n) is 45.9. The van der Waals surface area contributed by atoms with Gasteiger partial charge in [-0.15, -0.1) is 0 Å². The van der Waals surface area contributed by atoms with Crippen LogP contribution in [0.1, 0.15) is 239 Å². The number of unbranched alkanes of at least 4 members (excludes halogenated alkanes) is 22. The molecule has 0 aromatic heterocycles. The minimum Gasteiger partial charge on any atom is -0.479 e. The molecule has 1 aliphatic heterocycles. The Hall–Kier alpha value is -3.84. The Labute approximate surface area is 442 Å². The number of hydrogen-bond acceptors (Lipinski definition) is 11. The first kappa shape index (κ1) is 67.2. The lowest BCUT2D eigenvalue weighted by molar-refractivity contribution is -0.301. The lowest BCUT2D eigenvalue weighted by atomic mass is 9.98. The Kier molecular flexibility index (Phi) is 45.1. The second kappa shape index (κ2) is 49.1. The maximum atomic E-state index is 13.1. The number of carboxylic acids is 1. The first-order valence-corrected chi connectivity index (χ1v) is 28.9. The average molecular weight is 1030 g/mol. The molecule has 0 radical (unpaired) electrons. The zero-order valence-corrected chi connectivity index (χ0v) is 45.9. The van der Waals surface area contributed by atoms with Crippen molar-refractivity contribution in [3.63, 3.8) is 0 Å². The van der Waals surface area contributed by atoms with Crippen LogP contribution in [0.4, 0.5) is 0 Å². The second-order valence-corrected chi connectivity index (χ2v) is 19.5. The van der Waals surface area contributed by atoms with Gasteiger partial charge in [-0.1, -0.05) is 190 Å². The molecule has 3 N–H and O–H groups in total. The Morgan fingerprint density at radius 1 is 0.466 bits per heavy atom. The van der Waals surface area contributed by atoms with E-state index in [9.17, 15) is 34.5 Å². The number of ether oxygens (including phenoxy) is 5. The number of rotatable bonds is 48. The van der Waals surface area contributed by atoms with Gasteiger partial charge in [0.05, 0.1) is 6.61 Å². The van der Waals surface area contributed by atoms with Gasteiger partial charge in [0.25, 0.3) is 0 Å². The highest BCUT2D eigenvalue weighted by Gasteiger charge is 2.50. The van der Waals surface area contributed by atoms with Crippen molar-refractivity contribution in [3.8, 4) is 0 Å². The molecule has 1 saturated heterocycles. The van der Waals surface area contributed by atoms with Gasteiger partial charge < -0.3 is 39.0 Å². The molecule has 0 bridgehead atoms. The summed E-state index contributed by atoms with van der Waals surface area (Å²) in [4.78, 5) is 51.0. The largest absolute Gasteiger partial charge is 0.479 e. The van der Waals surface area contributed by atoms with Crippen LogP contribution in [0.15, 0.2) is 72.9 Å². The van der Waals surface area contributed by atoms with Crippen molar-refractivity contribution in [2.45, 2.75) is 276 Å². The van der Waals surface area contributed by atoms with Crippen molar-refractivity contribution in [3.05, 3.63) is 72.9 Å². The van der Waals surface area contributed by atoms with E-state index in [-0.39, 0.29) is 25.9 Å². The average Bonchev–Trinajstić information content (AvgIpc) is 3.37. The molecular weight excluding hydrogens is 925 g/mol. The molecule has 0 aromatic carbocycles. The lowest BCUT2D eigenvalue weighted by Crippen LogP contribution is -2.61. The van der Waals surface area contributed by atoms with Crippen LogP contribution < -0.4 is 0 Å². The van der Waals surface area contributed by atoms with Gasteiger partial charge in [-0.2, -0.15) is 0 Å². The van der Waals surface area contributed by atoms with E-state index in [1.54, 1.807) is 0 Å². The first-order chi connectivity index (χ1) is 35.6. The van der Waals surface area contributed by atoms with E-state index < -0.39 is 67.3 Å². The number of carboxylic acid groups (broad SMARTS) is 1. The zero-order chi connectivity index (χ0) is 53.3. The van der Waals surface area contributed by atoms with Gasteiger partial charge in [0.1, 0.15) is 18.8 Å². The van der Waals surface area contributed by atoms with Crippen LogP contribution in [0.2, 0.25) is 0 Å². The maximum absolute atomic E-state index is 13.1. The third kappa shape index (κ3) is 39.3. The molecule has 1 fully saturated rings. The standard InChI is InChI=1S/C61H102O12/c1-4-7-10-13-16-19-22-25-26-27-28-31-34-37-40-43-46-49-55(64)72-59-57(66)56(65)58(60(67)68)73-61(59)70-51-52(71-54(63)48-45-42-39-36-33-30-24-21-18-15-12-9-6-3)50-69-53(62)47-44-41-38-35-32-29-23-20-17-14-11-8-5-2/h8,11-12,15,17,20-21,24-26,29,32,52,56-59,61,65-66H,4-7,9-10,13-14,16,18-19,22-23,27-28,30-31,33-51H2,1-3H3,(H,67,68)/b11-8-,15-12-,20-17-,24-21-,26-25-,32-29-. The minimum atomic E-state index is -1.91. The number of allylic oxidation sites excluding steroid dienone is 12. The highest BCUT2D eigenvalue weighted by atomic mass is 16.7. The second-order valence-electron chi connectivity index (χ2n) is 19.5. The molecule has 0 saturated carbocycles. The molecule has 0 aromatic rings. The van der Waals surface area contributed by atoms with Crippen LogP contribution in [0, 0.1) is 0 Å². The van der Waals surface area contributed by atoms with Crippen molar-refractivity contribution in [1.82, 2.24) is 0 Å². The van der Waals surface area contributed by atoms with Crippen molar-refractivity contribution in [2.24, 2.45) is 0 Å². The maximum Gasteiger partial charge on any atom is 0.335 e. The van der Waals surface area contributed by atoms with Crippen molar-refractivity contribution in [1.29, 1.82) is 0 Å². The van der Waals surface area contributed by atoms with E-state index in [0.717, 1.165) is 128 Å². The quantitative estimate of drug-likeness (QED) is 0.0228. The van der Waals surface area contributed by atoms with Gasteiger partial charge in [-0.3, -0.25) is 14.4 Å². The molecule has 1 heterocycles. The van der Waals surface area contributed by atoms with E-state index in [1.165, 1.54) is 51.4 Å². The Morgan fingerprint density at radius 2 is 0.890 bits per heavy atom. The highest BCUT2D eigenvalue weighted by molar-refractivity contribution is 5.74. The molecule has 418 valence electrons. The summed E-state index contributed by atoms with van der Waals surface area (Å²) in [5.41, 5.74) is 0. The minimum absolute atomic E-state index is 0.0494. The summed E-state index contributed by atoms with van der Waals surface area (Å²) in [6.45, 7) is 5.76. The van der Waals surface area contributed by atoms with Gasteiger partial charge in [0.2, 0.25) is 0 Å². The molecule has 73 heavy (non-hydrogen) atoms. The molecule has 0 spiro atoms. The van der Waals surface area contributed by atoms with Crippen LogP contribution >= 0.6 is 0 Å². The van der Waals surface area contributed by atoms with Gasteiger partial charge in [0, 0.05) is 19.3 Å². The smallest absolute Gasteiger partial charge is 0.335 e. The van der Waals surface area contributed by atoms with E-state index in [0.29, 0.717) is 19.3 Å². The SMILES string of the molecule is CC/C=C\C/C=C\C/C=C\CCCCCC(=O)OCC(COC1OC(C(=O)O)C(O)C(O)C1OC(=O)CCCCCCCCC/C=C\CCCCCCCC)OC(=O)CCCCCCC/C=C\C/C=C\CCC. The van der Waals surface area contributed by atoms with Gasteiger partial charge >= 0.3 is 23.9 Å². The Balaban J connectivity index is 2.71. The molecule has 0 amide bonds. The fraction of sp³-hybridized carbons (Fsp3) is 0.738. The van der Waals surface area contributed by atoms with Gasteiger partial charge in [-0.25, -0.2) is 4.79 Å². The Morgan fingerprint density at radius 3 is 1.40 bits per heavy atom. The molecule has 6 unspecified atom stereocenters. The topological polar surface area (TPSA) is 175 Å². The summed E-state index contributed by atoms with van der Waals surface area (Å²) >= 11 is 0. The van der Waals surface area contributed by atoms with E-state index in [4.69, 9.17) is 23.7 Å². The molecular formula is C61H102O12.